The fourth-order valence-corrected chi connectivity index (χ4v) is 2.19. The predicted molar refractivity (Wildman–Crippen MR) is 79.4 cm³/mol. The second-order valence-corrected chi connectivity index (χ2v) is 5.20. The molecule has 0 bridgehead atoms. The highest BCUT2D eigenvalue weighted by molar-refractivity contribution is 9.10. The third-order valence-electron chi connectivity index (χ3n) is 2.89. The lowest BCUT2D eigenvalue weighted by Gasteiger charge is -2.11. The number of aromatic nitrogens is 2. The summed E-state index contributed by atoms with van der Waals surface area (Å²) in [5.41, 5.74) is 1.18. The van der Waals surface area contributed by atoms with Crippen molar-refractivity contribution < 1.29 is 4.74 Å². The zero-order valence-electron chi connectivity index (χ0n) is 11.2. The van der Waals surface area contributed by atoms with Gasteiger partial charge < -0.3 is 14.6 Å². The molecule has 0 saturated carbocycles. The van der Waals surface area contributed by atoms with E-state index >= 15 is 0 Å². The van der Waals surface area contributed by atoms with E-state index in [0.717, 1.165) is 29.1 Å². The number of hydrogen-bond donors (Lipinski definition) is 1. The van der Waals surface area contributed by atoms with Crippen molar-refractivity contribution in [3.8, 4) is 5.75 Å². The van der Waals surface area contributed by atoms with Gasteiger partial charge >= 0.3 is 0 Å². The Hall–Kier alpha value is -1.33. The van der Waals surface area contributed by atoms with Crippen LogP contribution in [0.2, 0.25) is 0 Å². The smallest absolute Gasteiger partial charge is 0.119 e. The van der Waals surface area contributed by atoms with Gasteiger partial charge in [-0.1, -0.05) is 15.9 Å². The second-order valence-electron chi connectivity index (χ2n) is 4.28. The van der Waals surface area contributed by atoms with Gasteiger partial charge in [0.1, 0.15) is 18.2 Å². The molecule has 1 heterocycles. The summed E-state index contributed by atoms with van der Waals surface area (Å²) >= 11 is 3.41. The van der Waals surface area contributed by atoms with E-state index in [1.807, 2.05) is 44.4 Å². The van der Waals surface area contributed by atoms with Crippen LogP contribution in [0.3, 0.4) is 0 Å². The monoisotopic (exact) mass is 323 g/mol. The van der Waals surface area contributed by atoms with Crippen LogP contribution in [0.15, 0.2) is 34.9 Å². The van der Waals surface area contributed by atoms with Crippen LogP contribution >= 0.6 is 15.9 Å². The highest BCUT2D eigenvalue weighted by Gasteiger charge is 2.05. The highest BCUT2D eigenvalue weighted by atomic mass is 79.9. The maximum atomic E-state index is 5.73. The molecule has 102 valence electrons. The van der Waals surface area contributed by atoms with Gasteiger partial charge in [0.2, 0.25) is 0 Å². The van der Waals surface area contributed by atoms with Gasteiger partial charge in [0.25, 0.3) is 0 Å². The summed E-state index contributed by atoms with van der Waals surface area (Å²) in [7, 11) is 1.94. The van der Waals surface area contributed by atoms with E-state index < -0.39 is 0 Å². The number of aryl methyl sites for hydroxylation is 1. The second kappa shape index (κ2) is 6.73. The largest absolute Gasteiger partial charge is 0.492 e. The first-order chi connectivity index (χ1) is 9.20. The number of nitrogens with one attached hydrogen (secondary N) is 1. The molecule has 1 N–H and O–H groups in total. The average Bonchev–Trinajstić information content (AvgIpc) is 2.74. The van der Waals surface area contributed by atoms with Crippen molar-refractivity contribution in [1.29, 1.82) is 0 Å². The summed E-state index contributed by atoms with van der Waals surface area (Å²) < 4.78 is 8.97. The molecule has 0 amide bonds. The fourth-order valence-electron chi connectivity index (χ4n) is 1.93. The molecule has 4 nitrogen and oxygen atoms in total. The average molecular weight is 324 g/mol. The first kappa shape index (κ1) is 14.1. The van der Waals surface area contributed by atoms with Crippen molar-refractivity contribution in [1.82, 2.24) is 14.9 Å². The third kappa shape index (κ3) is 3.81. The predicted octanol–water partition coefficient (Wildman–Crippen LogP) is 2.75. The lowest BCUT2D eigenvalue weighted by Crippen LogP contribution is -2.16. The number of hydrogen-bond acceptors (Lipinski definition) is 3. The van der Waals surface area contributed by atoms with E-state index in [2.05, 4.69) is 30.8 Å². The molecule has 1 aromatic carbocycles. The third-order valence-corrected chi connectivity index (χ3v) is 3.42. The molecule has 0 aliphatic carbocycles. The summed E-state index contributed by atoms with van der Waals surface area (Å²) in [6.45, 7) is 4.27. The molecule has 0 aliphatic rings. The van der Waals surface area contributed by atoms with Gasteiger partial charge in [-0.2, -0.15) is 0 Å². The zero-order chi connectivity index (χ0) is 13.7. The Kier molecular flexibility index (Phi) is 4.99. The first-order valence-electron chi connectivity index (χ1n) is 6.24. The van der Waals surface area contributed by atoms with Crippen molar-refractivity contribution >= 4 is 15.9 Å². The molecule has 0 radical (unpaired) electrons. The van der Waals surface area contributed by atoms with E-state index in [1.165, 1.54) is 5.69 Å². The molecule has 2 aromatic rings. The van der Waals surface area contributed by atoms with Gasteiger partial charge in [0.15, 0.2) is 0 Å². The van der Waals surface area contributed by atoms with Crippen LogP contribution < -0.4 is 10.1 Å². The Morgan fingerprint density at radius 2 is 2.05 bits per heavy atom. The number of nitrogens with zero attached hydrogens (tertiary/aromatic N) is 2. The number of imidazole rings is 1. The molecule has 0 atom stereocenters. The van der Waals surface area contributed by atoms with Crippen LogP contribution in [-0.4, -0.2) is 23.2 Å². The minimum absolute atomic E-state index is 0.634. The minimum Gasteiger partial charge on any atom is -0.492 e. The summed E-state index contributed by atoms with van der Waals surface area (Å²) in [6.07, 6.45) is 1.91. The van der Waals surface area contributed by atoms with Gasteiger partial charge in [-0.15, -0.1) is 0 Å². The fraction of sp³-hybridized carbons (Fsp3) is 0.357. The Balaban J connectivity index is 1.92. The molecule has 0 unspecified atom stereocenters. The SMILES string of the molecule is CNCc1cnc(C)n1CCOc1ccc(Br)cc1. The number of halogens is 1. The maximum Gasteiger partial charge on any atom is 0.119 e. The van der Waals surface area contributed by atoms with Crippen molar-refractivity contribution in [3.63, 3.8) is 0 Å². The van der Waals surface area contributed by atoms with E-state index in [0.29, 0.717) is 6.61 Å². The topological polar surface area (TPSA) is 39.1 Å². The molecule has 0 fully saturated rings. The molecule has 5 heteroatoms. The van der Waals surface area contributed by atoms with Crippen LogP contribution in [0.1, 0.15) is 11.5 Å². The molecule has 19 heavy (non-hydrogen) atoms. The molecule has 2 rings (SSSR count). The Labute approximate surface area is 121 Å². The highest BCUT2D eigenvalue weighted by Crippen LogP contribution is 2.16. The Morgan fingerprint density at radius 3 is 2.74 bits per heavy atom. The van der Waals surface area contributed by atoms with Gasteiger partial charge in [-0.05, 0) is 38.2 Å². The molecule has 0 saturated heterocycles. The van der Waals surface area contributed by atoms with Gasteiger partial charge in [-0.25, -0.2) is 4.98 Å². The number of ether oxygens (including phenoxy) is 1. The summed E-state index contributed by atoms with van der Waals surface area (Å²) in [4.78, 5) is 4.33. The number of benzene rings is 1. The zero-order valence-corrected chi connectivity index (χ0v) is 12.8. The minimum atomic E-state index is 0.634. The summed E-state index contributed by atoms with van der Waals surface area (Å²) in [5, 5.41) is 3.15. The Morgan fingerprint density at radius 1 is 1.32 bits per heavy atom. The normalized spacial score (nSPS) is 10.7. The van der Waals surface area contributed by atoms with E-state index in [1.54, 1.807) is 0 Å². The van der Waals surface area contributed by atoms with Crippen LogP contribution in [0.4, 0.5) is 0 Å². The van der Waals surface area contributed by atoms with Crippen molar-refractivity contribution in [2.75, 3.05) is 13.7 Å². The van der Waals surface area contributed by atoms with E-state index in [9.17, 15) is 0 Å². The van der Waals surface area contributed by atoms with E-state index in [-0.39, 0.29) is 0 Å². The molecular weight excluding hydrogens is 306 g/mol. The van der Waals surface area contributed by atoms with Crippen LogP contribution in [0.5, 0.6) is 5.75 Å². The van der Waals surface area contributed by atoms with Crippen LogP contribution in [-0.2, 0) is 13.1 Å². The number of rotatable bonds is 6. The van der Waals surface area contributed by atoms with Gasteiger partial charge in [0, 0.05) is 17.2 Å². The van der Waals surface area contributed by atoms with Gasteiger partial charge in [0.05, 0.1) is 12.2 Å². The Bertz CT molecular complexity index is 522. The lowest BCUT2D eigenvalue weighted by molar-refractivity contribution is 0.295. The molecule has 0 spiro atoms. The maximum absolute atomic E-state index is 5.73. The van der Waals surface area contributed by atoms with Crippen LogP contribution in [0, 0.1) is 6.92 Å². The molecular formula is C14H18BrN3O. The van der Waals surface area contributed by atoms with Gasteiger partial charge in [-0.3, -0.25) is 0 Å². The quantitative estimate of drug-likeness (QED) is 0.888. The first-order valence-corrected chi connectivity index (χ1v) is 7.04. The summed E-state index contributed by atoms with van der Waals surface area (Å²) in [5.74, 6) is 1.90. The standard InChI is InChI=1S/C14H18BrN3O/c1-11-17-10-13(9-16-2)18(11)7-8-19-14-5-3-12(15)4-6-14/h3-6,10,16H,7-9H2,1-2H3. The molecule has 0 aliphatic heterocycles. The van der Waals surface area contributed by atoms with Crippen molar-refractivity contribution in [2.45, 2.75) is 20.0 Å². The van der Waals surface area contributed by atoms with Crippen LogP contribution in [0.25, 0.3) is 0 Å². The van der Waals surface area contributed by atoms with Crippen molar-refractivity contribution in [2.24, 2.45) is 0 Å². The molecule has 1 aromatic heterocycles. The lowest BCUT2D eigenvalue weighted by atomic mass is 10.3. The van der Waals surface area contributed by atoms with Crippen molar-refractivity contribution in [3.05, 3.63) is 46.5 Å². The summed E-state index contributed by atoms with van der Waals surface area (Å²) in [6, 6.07) is 7.87. The van der Waals surface area contributed by atoms with E-state index in [4.69, 9.17) is 4.74 Å².